The summed E-state index contributed by atoms with van der Waals surface area (Å²) in [6.07, 6.45) is 0. The predicted octanol–water partition coefficient (Wildman–Crippen LogP) is 2.49. The summed E-state index contributed by atoms with van der Waals surface area (Å²) in [7, 11) is -3.50. The summed E-state index contributed by atoms with van der Waals surface area (Å²) in [6.45, 7) is 11.0. The summed E-state index contributed by atoms with van der Waals surface area (Å²) in [5.41, 5.74) is 3.76. The van der Waals surface area contributed by atoms with E-state index in [1.54, 1.807) is 17.0 Å². The van der Waals surface area contributed by atoms with Crippen molar-refractivity contribution in [1.29, 1.82) is 0 Å². The number of benzene rings is 1. The van der Waals surface area contributed by atoms with Gasteiger partial charge in [0.1, 0.15) is 0 Å². The van der Waals surface area contributed by atoms with Gasteiger partial charge in [-0.3, -0.25) is 4.79 Å². The third-order valence-electron chi connectivity index (χ3n) is 4.71. The lowest BCUT2D eigenvalue weighted by Crippen LogP contribution is -2.50. The molecule has 24 heavy (non-hydrogen) atoms. The first-order valence-electron chi connectivity index (χ1n) is 8.15. The van der Waals surface area contributed by atoms with E-state index in [9.17, 15) is 13.2 Å². The summed E-state index contributed by atoms with van der Waals surface area (Å²) in [5, 5.41) is 0. The Kier molecular flexibility index (Phi) is 5.50. The molecule has 1 heterocycles. The van der Waals surface area contributed by atoms with E-state index in [0.717, 1.165) is 22.3 Å². The van der Waals surface area contributed by atoms with Crippen LogP contribution in [0.1, 0.15) is 31.9 Å². The van der Waals surface area contributed by atoms with Crippen molar-refractivity contribution in [3.8, 4) is 0 Å². The molecule has 2 rings (SSSR count). The fourth-order valence-electron chi connectivity index (χ4n) is 2.61. The molecule has 0 atom stereocenters. The summed E-state index contributed by atoms with van der Waals surface area (Å²) in [5.74, 6) is -0.00164. The average Bonchev–Trinajstić information content (AvgIpc) is 2.55. The van der Waals surface area contributed by atoms with Crippen LogP contribution in [0.15, 0.2) is 34.2 Å². The predicted molar refractivity (Wildman–Crippen MR) is 95.3 cm³/mol. The van der Waals surface area contributed by atoms with Gasteiger partial charge in [-0.2, -0.15) is 4.31 Å². The number of amides is 1. The number of sulfonamides is 1. The van der Waals surface area contributed by atoms with Gasteiger partial charge in [-0.1, -0.05) is 11.6 Å². The van der Waals surface area contributed by atoms with E-state index >= 15 is 0 Å². The molecule has 0 spiro atoms. The number of allylic oxidation sites excluding steroid dienone is 1. The van der Waals surface area contributed by atoms with Crippen LogP contribution in [0.25, 0.3) is 0 Å². The van der Waals surface area contributed by atoms with Crippen LogP contribution in [-0.4, -0.2) is 49.7 Å². The first-order chi connectivity index (χ1) is 11.1. The number of hydrogen-bond acceptors (Lipinski definition) is 3. The molecule has 6 heteroatoms. The molecule has 5 nitrogen and oxygen atoms in total. The molecule has 0 aromatic heterocycles. The van der Waals surface area contributed by atoms with Gasteiger partial charge in [-0.25, -0.2) is 8.42 Å². The molecule has 0 aliphatic carbocycles. The number of hydrogen-bond donors (Lipinski definition) is 0. The van der Waals surface area contributed by atoms with Gasteiger partial charge in [-0.15, -0.1) is 0 Å². The van der Waals surface area contributed by atoms with Crippen LogP contribution >= 0.6 is 0 Å². The Morgan fingerprint density at radius 1 is 0.958 bits per heavy atom. The van der Waals surface area contributed by atoms with Crippen molar-refractivity contribution < 1.29 is 13.2 Å². The highest BCUT2D eigenvalue weighted by atomic mass is 32.2. The van der Waals surface area contributed by atoms with E-state index in [1.165, 1.54) is 4.31 Å². The third kappa shape index (κ3) is 3.70. The van der Waals surface area contributed by atoms with Crippen molar-refractivity contribution in [1.82, 2.24) is 9.21 Å². The fourth-order valence-corrected chi connectivity index (χ4v) is 4.11. The molecule has 132 valence electrons. The maximum atomic E-state index is 12.8. The Morgan fingerprint density at radius 2 is 1.54 bits per heavy atom. The van der Waals surface area contributed by atoms with Gasteiger partial charge < -0.3 is 4.90 Å². The van der Waals surface area contributed by atoms with E-state index in [0.29, 0.717) is 31.1 Å². The van der Waals surface area contributed by atoms with Crippen LogP contribution in [0, 0.1) is 13.8 Å². The molecular weight excluding hydrogens is 324 g/mol. The molecule has 1 aliphatic rings. The minimum absolute atomic E-state index is 0.00164. The van der Waals surface area contributed by atoms with E-state index in [1.807, 2.05) is 40.7 Å². The van der Waals surface area contributed by atoms with Crippen LogP contribution in [0.3, 0.4) is 0 Å². The fraction of sp³-hybridized carbons (Fsp3) is 0.500. The Bertz CT molecular complexity index is 769. The van der Waals surface area contributed by atoms with Crippen molar-refractivity contribution in [2.24, 2.45) is 0 Å². The van der Waals surface area contributed by atoms with Gasteiger partial charge in [0.05, 0.1) is 4.90 Å². The Hall–Kier alpha value is -1.66. The lowest BCUT2D eigenvalue weighted by molar-refractivity contribution is -0.128. The highest BCUT2D eigenvalue weighted by molar-refractivity contribution is 7.89. The SMILES string of the molecule is CC(C)=C(C)C(=O)N1CCN(S(=O)(=O)c2ccc(C)c(C)c2)CC1. The number of carbonyl (C=O) groups excluding carboxylic acids is 1. The van der Waals surface area contributed by atoms with Gasteiger partial charge in [0.15, 0.2) is 0 Å². The first kappa shape index (κ1) is 18.7. The molecule has 1 aromatic carbocycles. The van der Waals surface area contributed by atoms with Crippen LogP contribution in [-0.2, 0) is 14.8 Å². The zero-order chi connectivity index (χ0) is 18.1. The molecule has 0 saturated carbocycles. The van der Waals surface area contributed by atoms with Crippen LogP contribution in [0.2, 0.25) is 0 Å². The number of rotatable bonds is 3. The third-order valence-corrected chi connectivity index (χ3v) is 6.61. The molecule has 0 unspecified atom stereocenters. The smallest absolute Gasteiger partial charge is 0.249 e. The van der Waals surface area contributed by atoms with Gasteiger partial charge in [0, 0.05) is 31.8 Å². The minimum Gasteiger partial charge on any atom is -0.336 e. The summed E-state index contributed by atoms with van der Waals surface area (Å²) in [4.78, 5) is 14.4. The van der Waals surface area contributed by atoms with E-state index in [4.69, 9.17) is 0 Å². The summed E-state index contributed by atoms with van der Waals surface area (Å²) in [6, 6.07) is 5.21. The maximum Gasteiger partial charge on any atom is 0.249 e. The Morgan fingerprint density at radius 3 is 2.04 bits per heavy atom. The highest BCUT2D eigenvalue weighted by Gasteiger charge is 2.30. The quantitative estimate of drug-likeness (QED) is 0.787. The van der Waals surface area contributed by atoms with Gasteiger partial charge in [0.25, 0.3) is 0 Å². The van der Waals surface area contributed by atoms with E-state index < -0.39 is 10.0 Å². The molecular formula is C18H26N2O3S. The molecule has 0 N–H and O–H groups in total. The van der Waals surface area contributed by atoms with Crippen LogP contribution in [0.4, 0.5) is 0 Å². The van der Waals surface area contributed by atoms with E-state index in [-0.39, 0.29) is 5.91 Å². The number of carbonyl (C=O) groups is 1. The molecule has 1 saturated heterocycles. The molecule has 0 bridgehead atoms. The van der Waals surface area contributed by atoms with Gasteiger partial charge >= 0.3 is 0 Å². The van der Waals surface area contributed by atoms with Crippen molar-refractivity contribution in [3.63, 3.8) is 0 Å². The minimum atomic E-state index is -3.50. The largest absolute Gasteiger partial charge is 0.336 e. The second-order valence-electron chi connectivity index (χ2n) is 6.57. The zero-order valence-corrected chi connectivity index (χ0v) is 15.9. The van der Waals surface area contributed by atoms with E-state index in [2.05, 4.69) is 0 Å². The molecule has 1 amide bonds. The summed E-state index contributed by atoms with van der Waals surface area (Å²) >= 11 is 0. The van der Waals surface area contributed by atoms with Crippen LogP contribution in [0.5, 0.6) is 0 Å². The zero-order valence-electron chi connectivity index (χ0n) is 15.1. The van der Waals surface area contributed by atoms with Crippen molar-refractivity contribution in [3.05, 3.63) is 40.5 Å². The molecule has 1 fully saturated rings. The first-order valence-corrected chi connectivity index (χ1v) is 9.59. The monoisotopic (exact) mass is 350 g/mol. The number of piperazine rings is 1. The van der Waals surface area contributed by atoms with Gasteiger partial charge in [0.2, 0.25) is 15.9 Å². The maximum absolute atomic E-state index is 12.8. The van der Waals surface area contributed by atoms with Crippen molar-refractivity contribution >= 4 is 15.9 Å². The lowest BCUT2D eigenvalue weighted by atomic mass is 10.1. The highest BCUT2D eigenvalue weighted by Crippen LogP contribution is 2.21. The standard InChI is InChI=1S/C18H26N2O3S/c1-13(2)16(5)18(21)19-8-10-20(11-9-19)24(22,23)17-7-6-14(3)15(4)12-17/h6-7,12H,8-11H2,1-5H3. The lowest BCUT2D eigenvalue weighted by Gasteiger charge is -2.34. The summed E-state index contributed by atoms with van der Waals surface area (Å²) < 4.78 is 27.0. The molecule has 1 aliphatic heterocycles. The second kappa shape index (κ2) is 7.07. The van der Waals surface area contributed by atoms with Crippen molar-refractivity contribution in [2.75, 3.05) is 26.2 Å². The van der Waals surface area contributed by atoms with Crippen LogP contribution < -0.4 is 0 Å². The number of aryl methyl sites for hydroxylation is 2. The number of nitrogens with zero attached hydrogens (tertiary/aromatic N) is 2. The Labute approximate surface area is 145 Å². The Balaban J connectivity index is 2.12. The normalized spacial score (nSPS) is 16.1. The molecule has 1 aromatic rings. The van der Waals surface area contributed by atoms with Gasteiger partial charge in [-0.05, 0) is 57.9 Å². The average molecular weight is 350 g/mol. The second-order valence-corrected chi connectivity index (χ2v) is 8.51. The van der Waals surface area contributed by atoms with Crippen molar-refractivity contribution in [2.45, 2.75) is 39.5 Å². The topological polar surface area (TPSA) is 57.7 Å². The molecule has 0 radical (unpaired) electrons.